The van der Waals surface area contributed by atoms with E-state index in [1.807, 2.05) is 12.1 Å². The molecular formula is C19H30N3O2+. The molecule has 5 heteroatoms. The van der Waals surface area contributed by atoms with Crippen LogP contribution in [0.25, 0.3) is 0 Å². The summed E-state index contributed by atoms with van der Waals surface area (Å²) in [5.74, 6) is 0.643. The van der Waals surface area contributed by atoms with Crippen LogP contribution in [0.1, 0.15) is 32.6 Å². The van der Waals surface area contributed by atoms with Crippen molar-refractivity contribution in [3.8, 4) is 5.75 Å². The summed E-state index contributed by atoms with van der Waals surface area (Å²) >= 11 is 0. The van der Waals surface area contributed by atoms with E-state index in [0.717, 1.165) is 57.8 Å². The Bertz CT molecular complexity index is 530. The molecule has 3 rings (SSSR count). The van der Waals surface area contributed by atoms with Gasteiger partial charge in [-0.25, -0.2) is 0 Å². The molecule has 132 valence electrons. The van der Waals surface area contributed by atoms with Crippen molar-refractivity contribution in [1.82, 2.24) is 4.90 Å². The molecule has 2 fully saturated rings. The van der Waals surface area contributed by atoms with Crippen LogP contribution in [0.3, 0.4) is 0 Å². The zero-order valence-electron chi connectivity index (χ0n) is 14.7. The van der Waals surface area contributed by atoms with Gasteiger partial charge in [-0.3, -0.25) is 4.79 Å². The highest BCUT2D eigenvalue weighted by Crippen LogP contribution is 2.18. The number of carbonyl (C=O) groups excluding carboxylic acids is 1. The summed E-state index contributed by atoms with van der Waals surface area (Å²) < 4.78 is 0. The van der Waals surface area contributed by atoms with Gasteiger partial charge < -0.3 is 19.8 Å². The van der Waals surface area contributed by atoms with E-state index < -0.39 is 0 Å². The van der Waals surface area contributed by atoms with Crippen molar-refractivity contribution in [2.45, 2.75) is 38.6 Å². The highest BCUT2D eigenvalue weighted by atomic mass is 16.3. The number of carbonyl (C=O) groups is 1. The van der Waals surface area contributed by atoms with E-state index in [4.69, 9.17) is 0 Å². The molecule has 2 aliphatic heterocycles. The number of hydrogen-bond acceptors (Lipinski definition) is 3. The minimum atomic E-state index is 0.0602. The maximum atomic E-state index is 12.8. The first kappa shape index (κ1) is 17.1. The van der Waals surface area contributed by atoms with Crippen molar-refractivity contribution >= 4 is 11.6 Å². The average Bonchev–Trinajstić information content (AvgIpc) is 2.91. The van der Waals surface area contributed by atoms with Gasteiger partial charge in [-0.05, 0) is 44.0 Å². The molecular weight excluding hydrogens is 302 g/mol. The molecule has 0 unspecified atom stereocenters. The van der Waals surface area contributed by atoms with Crippen molar-refractivity contribution in [1.29, 1.82) is 0 Å². The Balaban J connectivity index is 1.53. The molecule has 2 heterocycles. The standard InChI is InChI=1S/C19H29N3O2/c1-16(19(24)22-10-4-2-3-5-11-22)20-12-14-21(15-13-20)17-6-8-18(23)9-7-17/h6-9,16,23H,2-5,10-15H2,1H3/p+1/t16-/m0/s1. The fraction of sp³-hybridized carbons (Fsp3) is 0.632. The van der Waals surface area contributed by atoms with Gasteiger partial charge in [0.1, 0.15) is 5.75 Å². The number of amides is 1. The number of piperazine rings is 1. The number of aromatic hydroxyl groups is 1. The normalized spacial score (nSPS) is 21.4. The van der Waals surface area contributed by atoms with Gasteiger partial charge in [0, 0.05) is 18.8 Å². The van der Waals surface area contributed by atoms with Crippen LogP contribution < -0.4 is 9.80 Å². The Labute approximate surface area is 144 Å². The Hall–Kier alpha value is -1.75. The Morgan fingerprint density at radius 3 is 2.17 bits per heavy atom. The third kappa shape index (κ3) is 4.01. The largest absolute Gasteiger partial charge is 0.508 e. The molecule has 0 saturated carbocycles. The van der Waals surface area contributed by atoms with E-state index in [0.29, 0.717) is 11.7 Å². The maximum Gasteiger partial charge on any atom is 0.280 e. The van der Waals surface area contributed by atoms with Crippen LogP contribution in [0, 0.1) is 0 Å². The van der Waals surface area contributed by atoms with Crippen molar-refractivity contribution in [3.63, 3.8) is 0 Å². The van der Waals surface area contributed by atoms with Gasteiger partial charge in [0.25, 0.3) is 5.91 Å². The number of hydrogen-bond donors (Lipinski definition) is 2. The topological polar surface area (TPSA) is 48.2 Å². The molecule has 2 saturated heterocycles. The SMILES string of the molecule is C[C@@H](C(=O)N1CCCCCC1)[NH+]1CCN(c2ccc(O)cc2)CC1. The molecule has 2 N–H and O–H groups in total. The number of quaternary nitrogens is 1. The summed E-state index contributed by atoms with van der Waals surface area (Å²) in [5.41, 5.74) is 1.15. The number of rotatable bonds is 3. The van der Waals surface area contributed by atoms with Gasteiger partial charge in [0.2, 0.25) is 0 Å². The fourth-order valence-electron chi connectivity index (χ4n) is 3.89. The van der Waals surface area contributed by atoms with Gasteiger partial charge in [-0.15, -0.1) is 0 Å². The van der Waals surface area contributed by atoms with Crippen LogP contribution in [0.15, 0.2) is 24.3 Å². The van der Waals surface area contributed by atoms with E-state index in [2.05, 4.69) is 16.7 Å². The Morgan fingerprint density at radius 2 is 1.58 bits per heavy atom. The average molecular weight is 332 g/mol. The molecule has 0 spiro atoms. The van der Waals surface area contributed by atoms with Gasteiger partial charge in [-0.1, -0.05) is 12.8 Å². The number of phenols is 1. The van der Waals surface area contributed by atoms with Gasteiger partial charge in [0.05, 0.1) is 26.2 Å². The lowest BCUT2D eigenvalue weighted by atomic mass is 10.1. The molecule has 24 heavy (non-hydrogen) atoms. The smallest absolute Gasteiger partial charge is 0.280 e. The summed E-state index contributed by atoms with van der Waals surface area (Å²) in [4.78, 5) is 18.6. The van der Waals surface area contributed by atoms with Crippen LogP contribution in [0.2, 0.25) is 0 Å². The fourth-order valence-corrected chi connectivity index (χ4v) is 3.89. The molecule has 0 radical (unpaired) electrons. The van der Waals surface area contributed by atoms with Crippen molar-refractivity contribution in [2.24, 2.45) is 0 Å². The number of nitrogens with one attached hydrogen (secondary N) is 1. The molecule has 5 nitrogen and oxygen atoms in total. The number of phenolic OH excluding ortho intramolecular Hbond substituents is 1. The lowest BCUT2D eigenvalue weighted by molar-refractivity contribution is -0.915. The number of benzene rings is 1. The summed E-state index contributed by atoms with van der Waals surface area (Å²) in [6.07, 6.45) is 4.83. The Kier molecular flexibility index (Phi) is 5.61. The predicted octanol–water partition coefficient (Wildman–Crippen LogP) is 0.888. The van der Waals surface area contributed by atoms with Crippen LogP contribution in [0.4, 0.5) is 5.69 Å². The van der Waals surface area contributed by atoms with E-state index in [1.54, 1.807) is 12.1 Å². The van der Waals surface area contributed by atoms with Gasteiger partial charge >= 0.3 is 0 Å². The first-order valence-electron chi connectivity index (χ1n) is 9.32. The van der Waals surface area contributed by atoms with Crippen LogP contribution >= 0.6 is 0 Å². The molecule has 1 amide bonds. The minimum Gasteiger partial charge on any atom is -0.508 e. The quantitative estimate of drug-likeness (QED) is 0.864. The van der Waals surface area contributed by atoms with Crippen molar-refractivity contribution in [3.05, 3.63) is 24.3 Å². The zero-order chi connectivity index (χ0) is 16.9. The van der Waals surface area contributed by atoms with E-state index in [-0.39, 0.29) is 6.04 Å². The number of anilines is 1. The van der Waals surface area contributed by atoms with E-state index in [9.17, 15) is 9.90 Å². The maximum absolute atomic E-state index is 12.8. The molecule has 1 aromatic carbocycles. The lowest BCUT2D eigenvalue weighted by Crippen LogP contribution is -3.19. The molecule has 0 aromatic heterocycles. The third-order valence-electron chi connectivity index (χ3n) is 5.52. The highest BCUT2D eigenvalue weighted by Gasteiger charge is 2.32. The summed E-state index contributed by atoms with van der Waals surface area (Å²) in [6, 6.07) is 7.46. The van der Waals surface area contributed by atoms with Crippen molar-refractivity contribution in [2.75, 3.05) is 44.2 Å². The van der Waals surface area contributed by atoms with Gasteiger partial charge in [0.15, 0.2) is 6.04 Å². The highest BCUT2D eigenvalue weighted by molar-refractivity contribution is 5.80. The molecule has 1 atom stereocenters. The minimum absolute atomic E-state index is 0.0602. The van der Waals surface area contributed by atoms with Crippen LogP contribution in [-0.4, -0.2) is 61.2 Å². The summed E-state index contributed by atoms with van der Waals surface area (Å²) in [5, 5.41) is 9.41. The van der Waals surface area contributed by atoms with Gasteiger partial charge in [-0.2, -0.15) is 0 Å². The number of likely N-dealkylation sites (tertiary alicyclic amines) is 1. The zero-order valence-corrected chi connectivity index (χ0v) is 14.7. The molecule has 0 aliphatic carbocycles. The first-order valence-corrected chi connectivity index (χ1v) is 9.32. The molecule has 0 bridgehead atoms. The predicted molar refractivity (Wildman–Crippen MR) is 95.5 cm³/mol. The summed E-state index contributed by atoms with van der Waals surface area (Å²) in [7, 11) is 0. The third-order valence-corrected chi connectivity index (χ3v) is 5.52. The van der Waals surface area contributed by atoms with Crippen LogP contribution in [-0.2, 0) is 4.79 Å². The second-order valence-corrected chi connectivity index (χ2v) is 7.12. The summed E-state index contributed by atoms with van der Waals surface area (Å²) in [6.45, 7) is 7.86. The lowest BCUT2D eigenvalue weighted by Gasteiger charge is -2.37. The van der Waals surface area contributed by atoms with E-state index >= 15 is 0 Å². The molecule has 1 aromatic rings. The second kappa shape index (κ2) is 7.88. The van der Waals surface area contributed by atoms with E-state index in [1.165, 1.54) is 17.7 Å². The van der Waals surface area contributed by atoms with Crippen molar-refractivity contribution < 1.29 is 14.8 Å². The Morgan fingerprint density at radius 1 is 1.00 bits per heavy atom. The monoisotopic (exact) mass is 332 g/mol. The molecule has 2 aliphatic rings. The van der Waals surface area contributed by atoms with Crippen LogP contribution in [0.5, 0.6) is 5.75 Å². The number of nitrogens with zero attached hydrogens (tertiary/aromatic N) is 2. The second-order valence-electron chi connectivity index (χ2n) is 7.12. The first-order chi connectivity index (χ1) is 11.6.